The fourth-order valence-electron chi connectivity index (χ4n) is 1.55. The Morgan fingerprint density at radius 3 is 2.19 bits per heavy atom. The van der Waals surface area contributed by atoms with Crippen molar-refractivity contribution in [2.75, 3.05) is 5.32 Å². The maximum Gasteiger partial charge on any atom is 0.257 e. The number of hydrogen-bond donors (Lipinski definition) is 2. The molecule has 0 aromatic heterocycles. The van der Waals surface area contributed by atoms with Gasteiger partial charge in [-0.25, -0.2) is 17.6 Å². The fraction of sp³-hybridized carbons (Fsp3) is 0. The van der Waals surface area contributed by atoms with Crippen molar-refractivity contribution >= 4 is 40.2 Å². The Hall–Kier alpha value is -1.54. The van der Waals surface area contributed by atoms with Gasteiger partial charge in [-0.3, -0.25) is 4.79 Å². The molecule has 1 N–H and O–H groups in total. The molecule has 0 aliphatic rings. The van der Waals surface area contributed by atoms with Gasteiger partial charge in [-0.15, -0.1) is 12.6 Å². The van der Waals surface area contributed by atoms with Crippen LogP contribution in [0.4, 0.5) is 23.2 Å². The third kappa shape index (κ3) is 3.21. The molecule has 0 aliphatic heterocycles. The molecule has 0 atom stereocenters. The summed E-state index contributed by atoms with van der Waals surface area (Å²) >= 11 is 7.11. The van der Waals surface area contributed by atoms with Crippen LogP contribution in [0.5, 0.6) is 0 Å². The number of carbonyl (C=O) groups is 1. The normalized spacial score (nSPS) is 10.6. The van der Waals surface area contributed by atoms with Gasteiger partial charge in [-0.2, -0.15) is 0 Å². The third-order valence-corrected chi connectivity index (χ3v) is 3.51. The molecule has 0 unspecified atom stereocenters. The molecule has 21 heavy (non-hydrogen) atoms. The summed E-state index contributed by atoms with van der Waals surface area (Å²) in [5.74, 6) is -7.52. The van der Waals surface area contributed by atoms with Crippen LogP contribution in [-0.2, 0) is 0 Å². The second-order valence-electron chi connectivity index (χ2n) is 3.96. The summed E-state index contributed by atoms with van der Waals surface area (Å²) in [4.78, 5) is 12.4. The average molecular weight is 380 g/mol. The molecule has 8 heteroatoms. The molecular formula is C13H6BrF4NOS. The Morgan fingerprint density at radius 1 is 1.05 bits per heavy atom. The summed E-state index contributed by atoms with van der Waals surface area (Å²) in [6.45, 7) is 0. The summed E-state index contributed by atoms with van der Waals surface area (Å²) in [5, 5.41) is 1.81. The number of rotatable bonds is 2. The van der Waals surface area contributed by atoms with Crippen LogP contribution in [0.15, 0.2) is 33.6 Å². The van der Waals surface area contributed by atoms with Crippen LogP contribution in [0.1, 0.15) is 10.4 Å². The summed E-state index contributed by atoms with van der Waals surface area (Å²) in [5.41, 5.74) is -1.18. The molecule has 2 nitrogen and oxygen atoms in total. The van der Waals surface area contributed by atoms with Gasteiger partial charge in [0.2, 0.25) is 0 Å². The van der Waals surface area contributed by atoms with E-state index in [4.69, 9.17) is 0 Å². The minimum absolute atomic E-state index is 0.00553. The molecule has 0 spiro atoms. The van der Waals surface area contributed by atoms with Crippen LogP contribution in [0, 0.1) is 23.3 Å². The Kier molecular flexibility index (Phi) is 4.58. The first-order valence-corrected chi connectivity index (χ1v) is 6.68. The molecule has 0 fully saturated rings. The van der Waals surface area contributed by atoms with Gasteiger partial charge in [0.25, 0.3) is 5.91 Å². The maximum atomic E-state index is 13.5. The van der Waals surface area contributed by atoms with E-state index in [-0.39, 0.29) is 11.6 Å². The number of halogens is 5. The van der Waals surface area contributed by atoms with Gasteiger partial charge < -0.3 is 5.32 Å². The first-order valence-electron chi connectivity index (χ1n) is 5.44. The Labute approximate surface area is 130 Å². The van der Waals surface area contributed by atoms with Gasteiger partial charge in [-0.05, 0) is 34.1 Å². The van der Waals surface area contributed by atoms with Gasteiger partial charge in [-0.1, -0.05) is 0 Å². The number of benzene rings is 2. The lowest BCUT2D eigenvalue weighted by molar-refractivity contribution is 0.102. The van der Waals surface area contributed by atoms with E-state index in [1.54, 1.807) is 6.07 Å². The lowest BCUT2D eigenvalue weighted by Gasteiger charge is -2.10. The number of nitrogens with one attached hydrogen (secondary N) is 1. The Bertz CT molecular complexity index is 712. The van der Waals surface area contributed by atoms with E-state index >= 15 is 0 Å². The van der Waals surface area contributed by atoms with Crippen molar-refractivity contribution in [3.8, 4) is 0 Å². The van der Waals surface area contributed by atoms with Crippen LogP contribution in [0.2, 0.25) is 0 Å². The van der Waals surface area contributed by atoms with Crippen LogP contribution >= 0.6 is 28.6 Å². The molecule has 0 saturated heterocycles. The Morgan fingerprint density at radius 2 is 1.62 bits per heavy atom. The highest BCUT2D eigenvalue weighted by Gasteiger charge is 2.22. The zero-order chi connectivity index (χ0) is 15.7. The van der Waals surface area contributed by atoms with Crippen molar-refractivity contribution in [3.63, 3.8) is 0 Å². The highest BCUT2D eigenvalue weighted by Crippen LogP contribution is 2.26. The quantitative estimate of drug-likeness (QED) is 0.447. The highest BCUT2D eigenvalue weighted by atomic mass is 79.9. The standard InChI is InChI=1S/C13H6BrF4NOS/c14-7-2-1-5(21)3-6(7)13(20)19-12-10(17)8(15)4-9(16)11(12)18/h1-4,21H,(H,19,20). The zero-order valence-corrected chi connectivity index (χ0v) is 12.5. The molecule has 2 aromatic carbocycles. The second-order valence-corrected chi connectivity index (χ2v) is 5.33. The summed E-state index contributed by atoms with van der Waals surface area (Å²) in [7, 11) is 0. The molecular weight excluding hydrogens is 374 g/mol. The number of anilines is 1. The zero-order valence-electron chi connectivity index (χ0n) is 10.1. The van der Waals surface area contributed by atoms with Gasteiger partial charge >= 0.3 is 0 Å². The average Bonchev–Trinajstić information content (AvgIpc) is 2.43. The number of amides is 1. The molecule has 1 amide bonds. The van der Waals surface area contributed by atoms with E-state index in [1.807, 2.05) is 5.32 Å². The monoisotopic (exact) mass is 379 g/mol. The number of hydrogen-bond acceptors (Lipinski definition) is 2. The van der Waals surface area contributed by atoms with Gasteiger partial charge in [0.1, 0.15) is 5.69 Å². The minimum Gasteiger partial charge on any atom is -0.317 e. The lowest BCUT2D eigenvalue weighted by atomic mass is 10.2. The first kappa shape index (κ1) is 15.8. The van der Waals surface area contributed by atoms with Crippen molar-refractivity contribution in [1.29, 1.82) is 0 Å². The summed E-state index contributed by atoms with van der Waals surface area (Å²) in [6.07, 6.45) is 0. The van der Waals surface area contributed by atoms with Crippen LogP contribution in [0.25, 0.3) is 0 Å². The van der Waals surface area contributed by atoms with Crippen molar-refractivity contribution in [2.24, 2.45) is 0 Å². The van der Waals surface area contributed by atoms with E-state index in [1.165, 1.54) is 12.1 Å². The number of carbonyl (C=O) groups excluding carboxylic acids is 1. The molecule has 0 saturated carbocycles. The van der Waals surface area contributed by atoms with Crippen LogP contribution in [-0.4, -0.2) is 5.91 Å². The van der Waals surface area contributed by atoms with Crippen LogP contribution in [0.3, 0.4) is 0 Å². The van der Waals surface area contributed by atoms with E-state index in [0.29, 0.717) is 9.37 Å². The Balaban J connectivity index is 2.43. The molecule has 2 rings (SSSR count). The maximum absolute atomic E-state index is 13.5. The first-order chi connectivity index (χ1) is 9.81. The lowest BCUT2D eigenvalue weighted by Crippen LogP contribution is -2.16. The van der Waals surface area contributed by atoms with E-state index < -0.39 is 34.9 Å². The summed E-state index contributed by atoms with van der Waals surface area (Å²) in [6, 6.07) is 4.46. The van der Waals surface area contributed by atoms with Crippen molar-refractivity contribution in [2.45, 2.75) is 4.90 Å². The third-order valence-electron chi connectivity index (χ3n) is 2.54. The molecule has 0 aliphatic carbocycles. The molecule has 0 bridgehead atoms. The van der Waals surface area contributed by atoms with E-state index in [9.17, 15) is 22.4 Å². The van der Waals surface area contributed by atoms with Gasteiger partial charge in [0, 0.05) is 15.4 Å². The van der Waals surface area contributed by atoms with Crippen LogP contribution < -0.4 is 5.32 Å². The molecule has 0 heterocycles. The van der Waals surface area contributed by atoms with Gasteiger partial charge in [0.05, 0.1) is 5.56 Å². The van der Waals surface area contributed by atoms with Crippen molar-refractivity contribution < 1.29 is 22.4 Å². The molecule has 0 radical (unpaired) electrons. The number of thiol groups is 1. The van der Waals surface area contributed by atoms with E-state index in [0.717, 1.165) is 0 Å². The van der Waals surface area contributed by atoms with Crippen molar-refractivity contribution in [3.05, 3.63) is 57.6 Å². The predicted molar refractivity (Wildman–Crippen MR) is 75.6 cm³/mol. The van der Waals surface area contributed by atoms with Crippen molar-refractivity contribution in [1.82, 2.24) is 0 Å². The summed E-state index contributed by atoms with van der Waals surface area (Å²) < 4.78 is 53.4. The minimum atomic E-state index is -1.68. The molecule has 110 valence electrons. The van der Waals surface area contributed by atoms with Gasteiger partial charge in [0.15, 0.2) is 23.3 Å². The SMILES string of the molecule is O=C(Nc1c(F)c(F)cc(F)c1F)c1cc(S)ccc1Br. The largest absolute Gasteiger partial charge is 0.317 e. The van der Waals surface area contributed by atoms with E-state index in [2.05, 4.69) is 28.6 Å². The second kappa shape index (κ2) is 6.07. The smallest absolute Gasteiger partial charge is 0.257 e. The highest BCUT2D eigenvalue weighted by molar-refractivity contribution is 9.10. The predicted octanol–water partition coefficient (Wildman–Crippen LogP) is 4.55. The molecule has 2 aromatic rings. The fourth-order valence-corrected chi connectivity index (χ4v) is 2.18. The topological polar surface area (TPSA) is 29.1 Å².